The van der Waals surface area contributed by atoms with Crippen molar-refractivity contribution in [2.75, 3.05) is 6.54 Å². The van der Waals surface area contributed by atoms with Crippen molar-refractivity contribution >= 4 is 17.5 Å². The molecule has 1 aliphatic rings. The number of carbonyl (C=O) groups is 1. The molecule has 0 radical (unpaired) electrons. The van der Waals surface area contributed by atoms with E-state index in [9.17, 15) is 9.18 Å². The van der Waals surface area contributed by atoms with Gasteiger partial charge in [0.05, 0.1) is 10.6 Å². The molecule has 0 atom stereocenters. The van der Waals surface area contributed by atoms with Crippen molar-refractivity contribution in [1.29, 1.82) is 0 Å². The van der Waals surface area contributed by atoms with Crippen LogP contribution in [-0.4, -0.2) is 12.5 Å². The Balaban J connectivity index is 1.99. The van der Waals surface area contributed by atoms with Crippen LogP contribution >= 0.6 is 11.6 Å². The number of halogens is 2. The van der Waals surface area contributed by atoms with E-state index in [4.69, 9.17) is 18.0 Å². The van der Waals surface area contributed by atoms with Gasteiger partial charge in [-0.15, -0.1) is 12.3 Å². The van der Waals surface area contributed by atoms with Gasteiger partial charge in [0.1, 0.15) is 5.82 Å². The molecule has 118 valence electrons. The van der Waals surface area contributed by atoms with Gasteiger partial charge < -0.3 is 5.32 Å². The van der Waals surface area contributed by atoms with Crippen molar-refractivity contribution in [2.45, 2.75) is 44.9 Å². The van der Waals surface area contributed by atoms with Crippen molar-refractivity contribution in [3.63, 3.8) is 0 Å². The lowest BCUT2D eigenvalue weighted by Crippen LogP contribution is -2.30. The molecule has 1 fully saturated rings. The highest BCUT2D eigenvalue weighted by molar-refractivity contribution is 6.33. The first-order chi connectivity index (χ1) is 10.6. The molecule has 22 heavy (non-hydrogen) atoms. The quantitative estimate of drug-likeness (QED) is 0.802. The van der Waals surface area contributed by atoms with Crippen LogP contribution in [0, 0.1) is 24.1 Å². The molecule has 1 aliphatic carbocycles. The van der Waals surface area contributed by atoms with Crippen LogP contribution in [0.1, 0.15) is 54.4 Å². The maximum atomic E-state index is 14.0. The summed E-state index contributed by atoms with van der Waals surface area (Å²) in [5, 5.41) is 3.15. The minimum absolute atomic E-state index is 0.194. The third-order valence-electron chi connectivity index (χ3n) is 4.20. The van der Waals surface area contributed by atoms with E-state index in [2.05, 4.69) is 11.2 Å². The molecule has 0 unspecified atom stereocenters. The topological polar surface area (TPSA) is 29.1 Å². The predicted octanol–water partition coefficient (Wildman–Crippen LogP) is 4.36. The summed E-state index contributed by atoms with van der Waals surface area (Å²) in [6.07, 6.45) is 12.1. The van der Waals surface area contributed by atoms with E-state index in [-0.39, 0.29) is 16.5 Å². The van der Waals surface area contributed by atoms with E-state index in [1.165, 1.54) is 31.4 Å². The van der Waals surface area contributed by atoms with Crippen LogP contribution in [0.5, 0.6) is 0 Å². The normalized spacial score (nSPS) is 15.3. The van der Waals surface area contributed by atoms with Gasteiger partial charge in [0, 0.05) is 13.0 Å². The number of amides is 1. The van der Waals surface area contributed by atoms with Crippen LogP contribution in [0.4, 0.5) is 4.39 Å². The number of benzene rings is 1. The summed E-state index contributed by atoms with van der Waals surface area (Å²) in [7, 11) is 0. The number of terminal acetylenes is 1. The maximum absolute atomic E-state index is 14.0. The molecular formula is C18H21ClFNO. The van der Waals surface area contributed by atoms with Gasteiger partial charge in [-0.1, -0.05) is 30.9 Å². The van der Waals surface area contributed by atoms with Gasteiger partial charge in [-0.2, -0.15) is 0 Å². The van der Waals surface area contributed by atoms with Gasteiger partial charge in [-0.25, -0.2) is 4.39 Å². The van der Waals surface area contributed by atoms with Gasteiger partial charge in [-0.05, 0) is 42.9 Å². The molecule has 1 aromatic rings. The Morgan fingerprint density at radius 3 is 2.77 bits per heavy atom. The van der Waals surface area contributed by atoms with E-state index < -0.39 is 5.82 Å². The van der Waals surface area contributed by atoms with Crippen LogP contribution in [0.15, 0.2) is 12.1 Å². The molecule has 1 saturated carbocycles. The number of aryl methyl sites for hydroxylation is 1. The van der Waals surface area contributed by atoms with Crippen molar-refractivity contribution in [3.8, 4) is 12.3 Å². The van der Waals surface area contributed by atoms with Gasteiger partial charge >= 0.3 is 0 Å². The SMILES string of the molecule is C#CCCc1cc(Cl)c(C(=O)NCC2CCCCC2)cc1F. The maximum Gasteiger partial charge on any atom is 0.252 e. The zero-order valence-corrected chi connectivity index (χ0v) is 13.4. The van der Waals surface area contributed by atoms with Crippen LogP contribution in [0.2, 0.25) is 5.02 Å². The van der Waals surface area contributed by atoms with Gasteiger partial charge in [-0.3, -0.25) is 4.79 Å². The molecular weight excluding hydrogens is 301 g/mol. The second-order valence-corrected chi connectivity index (χ2v) is 6.25. The Labute approximate surface area is 136 Å². The van der Waals surface area contributed by atoms with E-state index in [0.29, 0.717) is 30.9 Å². The molecule has 1 N–H and O–H groups in total. The van der Waals surface area contributed by atoms with Gasteiger partial charge in [0.25, 0.3) is 5.91 Å². The summed E-state index contributed by atoms with van der Waals surface area (Å²) < 4.78 is 14.0. The minimum Gasteiger partial charge on any atom is -0.352 e. The lowest BCUT2D eigenvalue weighted by molar-refractivity contribution is 0.0943. The van der Waals surface area contributed by atoms with Crippen molar-refractivity contribution < 1.29 is 9.18 Å². The lowest BCUT2D eigenvalue weighted by Gasteiger charge is -2.21. The molecule has 0 saturated heterocycles. The summed E-state index contributed by atoms with van der Waals surface area (Å²) in [6.45, 7) is 0.635. The highest BCUT2D eigenvalue weighted by atomic mass is 35.5. The Morgan fingerprint density at radius 1 is 1.36 bits per heavy atom. The number of rotatable bonds is 5. The molecule has 0 aromatic heterocycles. The first kappa shape index (κ1) is 16.8. The Hall–Kier alpha value is -1.53. The zero-order chi connectivity index (χ0) is 15.9. The highest BCUT2D eigenvalue weighted by Crippen LogP contribution is 2.24. The third kappa shape index (κ3) is 4.48. The molecule has 0 bridgehead atoms. The van der Waals surface area contributed by atoms with Crippen molar-refractivity contribution in [1.82, 2.24) is 5.32 Å². The largest absolute Gasteiger partial charge is 0.352 e. The Bertz CT molecular complexity index is 573. The highest BCUT2D eigenvalue weighted by Gasteiger charge is 2.18. The van der Waals surface area contributed by atoms with Crippen LogP contribution < -0.4 is 5.32 Å². The molecule has 0 spiro atoms. The molecule has 0 heterocycles. The van der Waals surface area contributed by atoms with E-state index in [1.807, 2.05) is 0 Å². The average molecular weight is 322 g/mol. The fraction of sp³-hybridized carbons (Fsp3) is 0.500. The van der Waals surface area contributed by atoms with E-state index in [0.717, 1.165) is 12.8 Å². The first-order valence-electron chi connectivity index (χ1n) is 7.81. The summed E-state index contributed by atoms with van der Waals surface area (Å²) in [5.41, 5.74) is 0.645. The van der Waals surface area contributed by atoms with Crippen LogP contribution in [0.3, 0.4) is 0 Å². The number of nitrogens with one attached hydrogen (secondary N) is 1. The van der Waals surface area contributed by atoms with Crippen LogP contribution in [-0.2, 0) is 6.42 Å². The Kier molecular flexibility index (Phi) is 6.27. The third-order valence-corrected chi connectivity index (χ3v) is 4.51. The number of hydrogen-bond donors (Lipinski definition) is 1. The molecule has 2 nitrogen and oxygen atoms in total. The smallest absolute Gasteiger partial charge is 0.252 e. The zero-order valence-electron chi connectivity index (χ0n) is 12.6. The van der Waals surface area contributed by atoms with Gasteiger partial charge in [0.2, 0.25) is 0 Å². The first-order valence-corrected chi connectivity index (χ1v) is 8.19. The number of carbonyl (C=O) groups excluding carboxylic acids is 1. The average Bonchev–Trinajstić information content (AvgIpc) is 2.54. The van der Waals surface area contributed by atoms with E-state index >= 15 is 0 Å². The van der Waals surface area contributed by atoms with Crippen molar-refractivity contribution in [3.05, 3.63) is 34.1 Å². The molecule has 0 aliphatic heterocycles. The standard InChI is InChI=1S/C18H21ClFNO/c1-2-3-9-14-10-16(19)15(11-17(14)20)18(22)21-12-13-7-5-4-6-8-13/h1,10-11,13H,3-9,12H2,(H,21,22). The molecule has 1 amide bonds. The second kappa shape index (κ2) is 8.19. The second-order valence-electron chi connectivity index (χ2n) is 5.84. The minimum atomic E-state index is -0.428. The lowest BCUT2D eigenvalue weighted by atomic mass is 9.89. The molecule has 1 aromatic carbocycles. The fourth-order valence-corrected chi connectivity index (χ4v) is 3.16. The van der Waals surface area contributed by atoms with E-state index in [1.54, 1.807) is 0 Å². The predicted molar refractivity (Wildman–Crippen MR) is 87.5 cm³/mol. The Morgan fingerprint density at radius 2 is 2.09 bits per heavy atom. The summed E-state index contributed by atoms with van der Waals surface area (Å²) in [6, 6.07) is 2.72. The fourth-order valence-electron chi connectivity index (χ4n) is 2.88. The number of hydrogen-bond acceptors (Lipinski definition) is 1. The summed E-state index contributed by atoms with van der Waals surface area (Å²) >= 11 is 6.12. The van der Waals surface area contributed by atoms with Gasteiger partial charge in [0.15, 0.2) is 0 Å². The summed E-state index contributed by atoms with van der Waals surface area (Å²) in [5.74, 6) is 2.26. The summed E-state index contributed by atoms with van der Waals surface area (Å²) in [4.78, 5) is 12.2. The monoisotopic (exact) mass is 321 g/mol. The van der Waals surface area contributed by atoms with Crippen LogP contribution in [0.25, 0.3) is 0 Å². The van der Waals surface area contributed by atoms with Crippen molar-refractivity contribution in [2.24, 2.45) is 5.92 Å². The molecule has 4 heteroatoms. The molecule has 2 rings (SSSR count).